The Morgan fingerprint density at radius 1 is 0.833 bits per heavy atom. The van der Waals surface area contributed by atoms with Crippen LogP contribution in [0.5, 0.6) is 0 Å². The number of pyridine rings is 1. The average Bonchev–Trinajstić information content (AvgIpc) is 2.55. The fourth-order valence-corrected chi connectivity index (χ4v) is 2.53. The number of aryl methyl sites for hydroxylation is 2. The quantitative estimate of drug-likeness (QED) is 0.733. The Morgan fingerprint density at radius 2 is 1.54 bits per heavy atom. The maximum Gasteiger partial charge on any atom is 0.274 e. The van der Waals surface area contributed by atoms with Crippen molar-refractivity contribution >= 4 is 23.0 Å². The lowest BCUT2D eigenvalue weighted by atomic mass is 10.1. The van der Waals surface area contributed by atoms with E-state index in [9.17, 15) is 4.79 Å². The highest BCUT2D eigenvalue weighted by molar-refractivity contribution is 6.03. The molecule has 0 aliphatic rings. The van der Waals surface area contributed by atoms with Gasteiger partial charge < -0.3 is 10.6 Å². The van der Waals surface area contributed by atoms with Crippen LogP contribution in [-0.2, 0) is 0 Å². The standard InChI is InChI=1S/C20H19N3O/c1-14-10-15(2)12-18(11-14)23-20(24)19-9-8-17(13-21-19)22-16-6-4-3-5-7-16/h3-13,22H,1-2H3,(H,23,24). The maximum absolute atomic E-state index is 12.3. The predicted molar refractivity (Wildman–Crippen MR) is 97.8 cm³/mol. The van der Waals surface area contributed by atoms with Crippen LogP contribution < -0.4 is 10.6 Å². The van der Waals surface area contributed by atoms with Crippen LogP contribution in [0.3, 0.4) is 0 Å². The highest BCUT2D eigenvalue weighted by atomic mass is 16.1. The molecule has 0 radical (unpaired) electrons. The molecule has 0 saturated carbocycles. The molecule has 0 saturated heterocycles. The number of hydrogen-bond acceptors (Lipinski definition) is 3. The van der Waals surface area contributed by atoms with Gasteiger partial charge in [0.25, 0.3) is 5.91 Å². The van der Waals surface area contributed by atoms with E-state index >= 15 is 0 Å². The molecule has 4 heteroatoms. The zero-order valence-electron chi connectivity index (χ0n) is 13.7. The number of anilines is 3. The molecule has 0 atom stereocenters. The van der Waals surface area contributed by atoms with Crippen LogP contribution in [0.4, 0.5) is 17.1 Å². The number of nitrogens with zero attached hydrogens (tertiary/aromatic N) is 1. The van der Waals surface area contributed by atoms with Gasteiger partial charge in [0, 0.05) is 11.4 Å². The number of para-hydroxylation sites is 1. The van der Waals surface area contributed by atoms with Crippen molar-refractivity contribution < 1.29 is 4.79 Å². The van der Waals surface area contributed by atoms with Crippen molar-refractivity contribution in [2.45, 2.75) is 13.8 Å². The van der Waals surface area contributed by atoms with E-state index in [-0.39, 0.29) is 5.91 Å². The van der Waals surface area contributed by atoms with Crippen LogP contribution in [0.2, 0.25) is 0 Å². The van der Waals surface area contributed by atoms with E-state index in [1.807, 2.05) is 62.4 Å². The Hall–Kier alpha value is -3.14. The third-order valence-corrected chi connectivity index (χ3v) is 3.54. The van der Waals surface area contributed by atoms with Crippen molar-refractivity contribution in [2.24, 2.45) is 0 Å². The molecule has 3 rings (SSSR count). The normalized spacial score (nSPS) is 10.2. The first kappa shape index (κ1) is 15.7. The van der Waals surface area contributed by atoms with Crippen LogP contribution in [0.15, 0.2) is 66.9 Å². The lowest BCUT2D eigenvalue weighted by Gasteiger charge is -2.09. The summed E-state index contributed by atoms with van der Waals surface area (Å²) in [6.45, 7) is 4.01. The summed E-state index contributed by atoms with van der Waals surface area (Å²) in [4.78, 5) is 16.6. The second kappa shape index (κ2) is 6.96. The van der Waals surface area contributed by atoms with E-state index < -0.39 is 0 Å². The van der Waals surface area contributed by atoms with Gasteiger partial charge >= 0.3 is 0 Å². The molecule has 0 aliphatic carbocycles. The number of hydrogen-bond donors (Lipinski definition) is 2. The van der Waals surface area contributed by atoms with Gasteiger partial charge in [-0.15, -0.1) is 0 Å². The smallest absolute Gasteiger partial charge is 0.274 e. The summed E-state index contributed by atoms with van der Waals surface area (Å²) >= 11 is 0. The first-order valence-corrected chi connectivity index (χ1v) is 7.78. The topological polar surface area (TPSA) is 54.0 Å². The molecular formula is C20H19N3O. The Kier molecular flexibility index (Phi) is 4.57. The van der Waals surface area contributed by atoms with Crippen molar-refractivity contribution in [2.75, 3.05) is 10.6 Å². The second-order valence-corrected chi connectivity index (χ2v) is 5.75. The Balaban J connectivity index is 1.69. The number of carbonyl (C=O) groups is 1. The fourth-order valence-electron chi connectivity index (χ4n) is 2.53. The van der Waals surface area contributed by atoms with Gasteiger partial charge in [-0.3, -0.25) is 4.79 Å². The van der Waals surface area contributed by atoms with Gasteiger partial charge in [0.1, 0.15) is 5.69 Å². The molecule has 0 fully saturated rings. The number of amides is 1. The first-order valence-electron chi connectivity index (χ1n) is 7.78. The molecular weight excluding hydrogens is 298 g/mol. The van der Waals surface area contributed by atoms with Gasteiger partial charge in [-0.25, -0.2) is 4.98 Å². The molecule has 0 aliphatic heterocycles. The van der Waals surface area contributed by atoms with Crippen molar-refractivity contribution in [3.05, 3.63) is 83.7 Å². The largest absolute Gasteiger partial charge is 0.354 e. The number of rotatable bonds is 4. The lowest BCUT2D eigenvalue weighted by Crippen LogP contribution is -2.13. The predicted octanol–water partition coefficient (Wildman–Crippen LogP) is 4.69. The second-order valence-electron chi connectivity index (χ2n) is 5.75. The van der Waals surface area contributed by atoms with Crippen molar-refractivity contribution in [1.29, 1.82) is 0 Å². The van der Waals surface area contributed by atoms with Crippen LogP contribution in [0.1, 0.15) is 21.6 Å². The summed E-state index contributed by atoms with van der Waals surface area (Å²) in [6.07, 6.45) is 1.66. The Labute approximate surface area is 141 Å². The number of aromatic nitrogens is 1. The highest BCUT2D eigenvalue weighted by Gasteiger charge is 2.08. The Morgan fingerprint density at radius 3 is 2.17 bits per heavy atom. The maximum atomic E-state index is 12.3. The molecule has 24 heavy (non-hydrogen) atoms. The number of carbonyl (C=O) groups excluding carboxylic acids is 1. The highest BCUT2D eigenvalue weighted by Crippen LogP contribution is 2.17. The van der Waals surface area contributed by atoms with Crippen LogP contribution >= 0.6 is 0 Å². The average molecular weight is 317 g/mol. The summed E-state index contributed by atoms with van der Waals surface area (Å²) in [5.74, 6) is -0.216. The molecule has 3 aromatic rings. The zero-order chi connectivity index (χ0) is 16.9. The summed E-state index contributed by atoms with van der Waals surface area (Å²) in [7, 11) is 0. The SMILES string of the molecule is Cc1cc(C)cc(NC(=O)c2ccc(Nc3ccccc3)cn2)c1. The van der Waals surface area contributed by atoms with Gasteiger partial charge in [0.15, 0.2) is 0 Å². The van der Waals surface area contributed by atoms with Gasteiger partial charge in [-0.2, -0.15) is 0 Å². The monoisotopic (exact) mass is 317 g/mol. The van der Waals surface area contributed by atoms with Crippen molar-refractivity contribution in [3.8, 4) is 0 Å². The minimum Gasteiger partial charge on any atom is -0.354 e. The van der Waals surface area contributed by atoms with Gasteiger partial charge in [0.05, 0.1) is 11.9 Å². The molecule has 120 valence electrons. The minimum atomic E-state index is -0.216. The van der Waals surface area contributed by atoms with Crippen LogP contribution in [-0.4, -0.2) is 10.9 Å². The van der Waals surface area contributed by atoms with Crippen molar-refractivity contribution in [1.82, 2.24) is 4.98 Å². The molecule has 1 amide bonds. The van der Waals surface area contributed by atoms with Gasteiger partial charge in [-0.1, -0.05) is 24.3 Å². The third-order valence-electron chi connectivity index (χ3n) is 3.54. The third kappa shape index (κ3) is 3.98. The molecule has 2 aromatic carbocycles. The van der Waals surface area contributed by atoms with Gasteiger partial charge in [0.2, 0.25) is 0 Å². The molecule has 1 heterocycles. The number of benzene rings is 2. The number of nitrogens with one attached hydrogen (secondary N) is 2. The summed E-state index contributed by atoms with van der Waals surface area (Å²) in [5.41, 5.74) is 5.20. The molecule has 2 N–H and O–H groups in total. The zero-order valence-corrected chi connectivity index (χ0v) is 13.7. The van der Waals surface area contributed by atoms with E-state index in [1.54, 1.807) is 12.3 Å². The van der Waals surface area contributed by atoms with E-state index in [1.165, 1.54) is 0 Å². The van der Waals surface area contributed by atoms with E-state index in [0.29, 0.717) is 5.69 Å². The molecule has 0 spiro atoms. The molecule has 4 nitrogen and oxygen atoms in total. The van der Waals surface area contributed by atoms with Crippen LogP contribution in [0, 0.1) is 13.8 Å². The first-order chi connectivity index (χ1) is 11.6. The molecule has 0 unspecified atom stereocenters. The summed E-state index contributed by atoms with van der Waals surface area (Å²) in [5, 5.41) is 6.13. The summed E-state index contributed by atoms with van der Waals surface area (Å²) < 4.78 is 0. The van der Waals surface area contributed by atoms with Crippen molar-refractivity contribution in [3.63, 3.8) is 0 Å². The minimum absolute atomic E-state index is 0.216. The van der Waals surface area contributed by atoms with Gasteiger partial charge in [-0.05, 0) is 61.4 Å². The fraction of sp³-hybridized carbons (Fsp3) is 0.100. The van der Waals surface area contributed by atoms with E-state index in [2.05, 4.69) is 21.7 Å². The summed E-state index contributed by atoms with van der Waals surface area (Å²) in [6, 6.07) is 19.3. The lowest BCUT2D eigenvalue weighted by molar-refractivity contribution is 0.102. The molecule has 1 aromatic heterocycles. The molecule has 0 bridgehead atoms. The van der Waals surface area contributed by atoms with E-state index in [4.69, 9.17) is 0 Å². The van der Waals surface area contributed by atoms with E-state index in [0.717, 1.165) is 28.2 Å². The van der Waals surface area contributed by atoms with Crippen LogP contribution in [0.25, 0.3) is 0 Å². The Bertz CT molecular complexity index is 822.